The first-order valence-electron chi connectivity index (χ1n) is 7.51. The summed E-state index contributed by atoms with van der Waals surface area (Å²) in [7, 11) is 0. The monoisotopic (exact) mass is 254 g/mol. The second-order valence-corrected chi connectivity index (χ2v) is 4.56. The highest BCUT2D eigenvalue weighted by Gasteiger charge is 2.06. The van der Waals surface area contributed by atoms with Crippen LogP contribution in [0.3, 0.4) is 0 Å². The molecule has 0 N–H and O–H groups in total. The SMILES string of the molecule is C#CCCCCCCCCCC(OCC)OCC. The molecule has 0 unspecified atom stereocenters. The quantitative estimate of drug-likeness (QED) is 0.273. The summed E-state index contributed by atoms with van der Waals surface area (Å²) in [6, 6.07) is 0. The van der Waals surface area contributed by atoms with Gasteiger partial charge in [-0.05, 0) is 33.1 Å². The summed E-state index contributed by atoms with van der Waals surface area (Å²) < 4.78 is 11.0. The third-order valence-electron chi connectivity index (χ3n) is 2.97. The highest BCUT2D eigenvalue weighted by Crippen LogP contribution is 2.12. The number of ether oxygens (including phenoxy) is 2. The Bertz CT molecular complexity index is 190. The second kappa shape index (κ2) is 14.5. The van der Waals surface area contributed by atoms with Gasteiger partial charge < -0.3 is 9.47 Å². The first-order valence-corrected chi connectivity index (χ1v) is 7.51. The number of unbranched alkanes of at least 4 members (excludes halogenated alkanes) is 7. The van der Waals surface area contributed by atoms with Crippen molar-refractivity contribution in [1.82, 2.24) is 0 Å². The van der Waals surface area contributed by atoms with Crippen LogP contribution in [0.15, 0.2) is 0 Å². The topological polar surface area (TPSA) is 18.5 Å². The summed E-state index contributed by atoms with van der Waals surface area (Å²) in [4.78, 5) is 0. The van der Waals surface area contributed by atoms with Crippen LogP contribution >= 0.6 is 0 Å². The molecule has 0 aliphatic carbocycles. The van der Waals surface area contributed by atoms with Crippen molar-refractivity contribution in [2.75, 3.05) is 13.2 Å². The fourth-order valence-electron chi connectivity index (χ4n) is 2.01. The Labute approximate surface area is 113 Å². The third kappa shape index (κ3) is 12.0. The molecular weight excluding hydrogens is 224 g/mol. The molecule has 0 spiro atoms. The zero-order valence-electron chi connectivity index (χ0n) is 12.2. The van der Waals surface area contributed by atoms with E-state index >= 15 is 0 Å². The summed E-state index contributed by atoms with van der Waals surface area (Å²) in [6.07, 6.45) is 16.1. The minimum Gasteiger partial charge on any atom is -0.353 e. The van der Waals surface area contributed by atoms with Crippen molar-refractivity contribution in [2.24, 2.45) is 0 Å². The first kappa shape index (κ1) is 17.5. The van der Waals surface area contributed by atoms with Gasteiger partial charge in [0.15, 0.2) is 6.29 Å². The van der Waals surface area contributed by atoms with Gasteiger partial charge in [0.25, 0.3) is 0 Å². The maximum atomic E-state index is 5.51. The van der Waals surface area contributed by atoms with Crippen LogP contribution in [0.5, 0.6) is 0 Å². The van der Waals surface area contributed by atoms with Gasteiger partial charge in [0.1, 0.15) is 0 Å². The average molecular weight is 254 g/mol. The van der Waals surface area contributed by atoms with Crippen molar-refractivity contribution >= 4 is 0 Å². The van der Waals surface area contributed by atoms with Crippen molar-refractivity contribution in [3.05, 3.63) is 0 Å². The van der Waals surface area contributed by atoms with E-state index in [0.29, 0.717) is 0 Å². The summed E-state index contributed by atoms with van der Waals surface area (Å²) >= 11 is 0. The number of terminal acetylenes is 1. The lowest BCUT2D eigenvalue weighted by molar-refractivity contribution is -0.140. The fourth-order valence-corrected chi connectivity index (χ4v) is 2.01. The van der Waals surface area contributed by atoms with E-state index in [4.69, 9.17) is 15.9 Å². The summed E-state index contributed by atoms with van der Waals surface area (Å²) in [5, 5.41) is 0. The van der Waals surface area contributed by atoms with Crippen LogP contribution in [0, 0.1) is 12.3 Å². The van der Waals surface area contributed by atoms with E-state index in [1.54, 1.807) is 0 Å². The van der Waals surface area contributed by atoms with Gasteiger partial charge in [-0.2, -0.15) is 0 Å². The minimum atomic E-state index is 0.00984. The highest BCUT2D eigenvalue weighted by atomic mass is 16.7. The largest absolute Gasteiger partial charge is 0.353 e. The molecule has 0 saturated carbocycles. The Morgan fingerprint density at radius 1 is 0.833 bits per heavy atom. The molecule has 0 bridgehead atoms. The molecule has 0 radical (unpaired) electrons. The van der Waals surface area contributed by atoms with Gasteiger partial charge in [0.05, 0.1) is 0 Å². The van der Waals surface area contributed by atoms with Crippen LogP contribution in [-0.2, 0) is 9.47 Å². The molecule has 0 heterocycles. The first-order chi connectivity index (χ1) is 8.85. The van der Waals surface area contributed by atoms with Gasteiger partial charge in [-0.25, -0.2) is 0 Å². The molecule has 0 aromatic heterocycles. The molecule has 2 nitrogen and oxygen atoms in total. The summed E-state index contributed by atoms with van der Waals surface area (Å²) in [5.74, 6) is 2.69. The molecule has 0 saturated heterocycles. The summed E-state index contributed by atoms with van der Waals surface area (Å²) in [5.41, 5.74) is 0. The molecule has 0 aliphatic heterocycles. The van der Waals surface area contributed by atoms with Gasteiger partial charge in [-0.3, -0.25) is 0 Å². The highest BCUT2D eigenvalue weighted by molar-refractivity contribution is 4.82. The zero-order valence-corrected chi connectivity index (χ0v) is 12.2. The lowest BCUT2D eigenvalue weighted by Gasteiger charge is -2.16. The van der Waals surface area contributed by atoms with Crippen LogP contribution in [0.1, 0.15) is 71.6 Å². The predicted octanol–water partition coefficient (Wildman–Crippen LogP) is 4.53. The maximum Gasteiger partial charge on any atom is 0.157 e. The molecule has 106 valence electrons. The van der Waals surface area contributed by atoms with Gasteiger partial charge in [-0.15, -0.1) is 12.3 Å². The Balaban J connectivity index is 3.24. The smallest absolute Gasteiger partial charge is 0.157 e. The van der Waals surface area contributed by atoms with E-state index in [9.17, 15) is 0 Å². The van der Waals surface area contributed by atoms with E-state index in [-0.39, 0.29) is 6.29 Å². The number of hydrogen-bond donors (Lipinski definition) is 0. The van der Waals surface area contributed by atoms with Crippen molar-refractivity contribution in [3.8, 4) is 12.3 Å². The molecular formula is C16H30O2. The molecule has 0 aromatic rings. The van der Waals surface area contributed by atoms with Gasteiger partial charge in [0.2, 0.25) is 0 Å². The Morgan fingerprint density at radius 3 is 1.83 bits per heavy atom. The molecule has 18 heavy (non-hydrogen) atoms. The molecule has 0 aliphatic rings. The van der Waals surface area contributed by atoms with Crippen LogP contribution in [0.2, 0.25) is 0 Å². The lowest BCUT2D eigenvalue weighted by atomic mass is 10.1. The average Bonchev–Trinajstić information content (AvgIpc) is 2.37. The molecule has 0 rings (SSSR count). The zero-order chi connectivity index (χ0) is 13.5. The molecule has 0 aromatic carbocycles. The molecule has 0 atom stereocenters. The molecule has 2 heteroatoms. The molecule has 0 amide bonds. The number of hydrogen-bond acceptors (Lipinski definition) is 2. The van der Waals surface area contributed by atoms with E-state index in [2.05, 4.69) is 5.92 Å². The normalized spacial score (nSPS) is 10.8. The standard InChI is InChI=1S/C16H30O2/c1-4-7-8-9-10-11-12-13-14-15-16(17-5-2)18-6-3/h1,16H,5-15H2,2-3H3. The molecule has 0 fully saturated rings. The van der Waals surface area contributed by atoms with Crippen molar-refractivity contribution in [1.29, 1.82) is 0 Å². The van der Waals surface area contributed by atoms with E-state index in [0.717, 1.165) is 26.1 Å². The van der Waals surface area contributed by atoms with Crippen LogP contribution in [0.4, 0.5) is 0 Å². The fraction of sp³-hybridized carbons (Fsp3) is 0.875. The van der Waals surface area contributed by atoms with Gasteiger partial charge >= 0.3 is 0 Å². The maximum absolute atomic E-state index is 5.51. The predicted molar refractivity (Wildman–Crippen MR) is 77.4 cm³/mol. The van der Waals surface area contributed by atoms with Crippen molar-refractivity contribution in [2.45, 2.75) is 77.9 Å². The van der Waals surface area contributed by atoms with E-state index < -0.39 is 0 Å². The Hall–Kier alpha value is -0.520. The van der Waals surface area contributed by atoms with Crippen LogP contribution in [0.25, 0.3) is 0 Å². The third-order valence-corrected chi connectivity index (χ3v) is 2.97. The van der Waals surface area contributed by atoms with E-state index in [1.807, 2.05) is 13.8 Å². The van der Waals surface area contributed by atoms with Gasteiger partial charge in [-0.1, -0.05) is 32.1 Å². The second-order valence-electron chi connectivity index (χ2n) is 4.56. The van der Waals surface area contributed by atoms with E-state index in [1.165, 1.54) is 44.9 Å². The number of rotatable bonds is 13. The lowest BCUT2D eigenvalue weighted by Crippen LogP contribution is -2.17. The van der Waals surface area contributed by atoms with Crippen molar-refractivity contribution in [3.63, 3.8) is 0 Å². The Kier molecular flexibility index (Phi) is 14.1. The Morgan fingerprint density at radius 2 is 1.33 bits per heavy atom. The van der Waals surface area contributed by atoms with Crippen molar-refractivity contribution < 1.29 is 9.47 Å². The minimum absolute atomic E-state index is 0.00984. The van der Waals surface area contributed by atoms with Crippen LogP contribution in [-0.4, -0.2) is 19.5 Å². The van der Waals surface area contributed by atoms with Gasteiger partial charge in [0, 0.05) is 19.6 Å². The summed E-state index contributed by atoms with van der Waals surface area (Å²) in [6.45, 7) is 5.50. The van der Waals surface area contributed by atoms with Crippen LogP contribution < -0.4 is 0 Å².